The molecule has 0 aliphatic heterocycles. The molecular formula is C17H28N2O3S. The summed E-state index contributed by atoms with van der Waals surface area (Å²) >= 11 is 0. The van der Waals surface area contributed by atoms with Crippen LogP contribution in [-0.2, 0) is 10.0 Å². The predicted octanol–water partition coefficient (Wildman–Crippen LogP) is 2.65. The van der Waals surface area contributed by atoms with E-state index in [9.17, 15) is 13.5 Å². The number of hydrogen-bond acceptors (Lipinski definition) is 4. The van der Waals surface area contributed by atoms with Crippen molar-refractivity contribution < 1.29 is 13.5 Å². The van der Waals surface area contributed by atoms with Gasteiger partial charge in [0.2, 0.25) is 10.0 Å². The minimum absolute atomic E-state index is 0.0506. The summed E-state index contributed by atoms with van der Waals surface area (Å²) in [5, 5.41) is 13.3. The van der Waals surface area contributed by atoms with Crippen molar-refractivity contribution in [3.8, 4) is 0 Å². The first-order valence-electron chi connectivity index (χ1n) is 8.27. The lowest BCUT2D eigenvalue weighted by Crippen LogP contribution is -2.42. The number of anilines is 1. The van der Waals surface area contributed by atoms with Gasteiger partial charge in [-0.15, -0.1) is 0 Å². The Kier molecular flexibility index (Phi) is 5.70. The maximum Gasteiger partial charge on any atom is 0.232 e. The summed E-state index contributed by atoms with van der Waals surface area (Å²) in [6.07, 6.45) is 3.26. The third-order valence-corrected chi connectivity index (χ3v) is 6.27. The van der Waals surface area contributed by atoms with Crippen LogP contribution in [0.3, 0.4) is 0 Å². The number of hydrogen-bond donors (Lipinski definition) is 3. The van der Waals surface area contributed by atoms with Gasteiger partial charge in [-0.3, -0.25) is 4.72 Å². The second-order valence-corrected chi connectivity index (χ2v) is 8.78. The van der Waals surface area contributed by atoms with Gasteiger partial charge in [0.15, 0.2) is 0 Å². The number of benzene rings is 1. The first-order chi connectivity index (χ1) is 10.8. The third-order valence-electron chi connectivity index (χ3n) is 4.96. The van der Waals surface area contributed by atoms with Crippen molar-refractivity contribution in [3.63, 3.8) is 0 Å². The molecule has 3 atom stereocenters. The average Bonchev–Trinajstić information content (AvgIpc) is 2.89. The van der Waals surface area contributed by atoms with Gasteiger partial charge in [-0.25, -0.2) is 8.42 Å². The Morgan fingerprint density at radius 1 is 1.35 bits per heavy atom. The van der Waals surface area contributed by atoms with Gasteiger partial charge < -0.3 is 10.4 Å². The van der Waals surface area contributed by atoms with Crippen molar-refractivity contribution in [2.45, 2.75) is 52.1 Å². The van der Waals surface area contributed by atoms with Gasteiger partial charge in [0.1, 0.15) is 0 Å². The summed E-state index contributed by atoms with van der Waals surface area (Å²) in [6, 6.07) is 7.93. The summed E-state index contributed by atoms with van der Waals surface area (Å²) < 4.78 is 25.7. The second-order valence-electron chi connectivity index (χ2n) is 6.77. The van der Waals surface area contributed by atoms with E-state index in [1.807, 2.05) is 12.1 Å². The Bertz CT molecular complexity index is 615. The van der Waals surface area contributed by atoms with E-state index < -0.39 is 10.0 Å². The molecule has 0 aromatic heterocycles. The fraction of sp³-hybridized carbons (Fsp3) is 0.647. The van der Waals surface area contributed by atoms with Crippen molar-refractivity contribution in [2.24, 2.45) is 5.41 Å². The van der Waals surface area contributed by atoms with Gasteiger partial charge in [-0.2, -0.15) is 0 Å². The molecular weight excluding hydrogens is 312 g/mol. The molecule has 0 radical (unpaired) electrons. The van der Waals surface area contributed by atoms with E-state index in [2.05, 4.69) is 23.9 Å². The highest BCUT2D eigenvalue weighted by Crippen LogP contribution is 2.38. The van der Waals surface area contributed by atoms with Gasteiger partial charge in [0.05, 0.1) is 5.75 Å². The lowest BCUT2D eigenvalue weighted by atomic mass is 9.85. The van der Waals surface area contributed by atoms with Crippen LogP contribution >= 0.6 is 0 Å². The van der Waals surface area contributed by atoms with Gasteiger partial charge >= 0.3 is 0 Å². The lowest BCUT2D eigenvalue weighted by Gasteiger charge is -2.32. The fourth-order valence-corrected chi connectivity index (χ4v) is 3.84. The summed E-state index contributed by atoms with van der Waals surface area (Å²) in [7, 11) is -3.24. The molecule has 23 heavy (non-hydrogen) atoms. The largest absolute Gasteiger partial charge is 0.396 e. The Balaban J connectivity index is 2.02. The quantitative estimate of drug-likeness (QED) is 0.713. The van der Waals surface area contributed by atoms with Gasteiger partial charge in [-0.1, -0.05) is 25.5 Å². The van der Waals surface area contributed by atoms with Gasteiger partial charge in [0.25, 0.3) is 0 Å². The zero-order valence-electron chi connectivity index (χ0n) is 14.2. The molecule has 1 saturated carbocycles. The summed E-state index contributed by atoms with van der Waals surface area (Å²) in [5.41, 5.74) is 1.64. The Morgan fingerprint density at radius 3 is 2.57 bits per heavy atom. The van der Waals surface area contributed by atoms with Crippen molar-refractivity contribution in [1.29, 1.82) is 0 Å². The van der Waals surface area contributed by atoms with Crippen LogP contribution in [0.4, 0.5) is 5.69 Å². The number of rotatable bonds is 7. The molecule has 3 unspecified atom stereocenters. The normalized spacial score (nSPS) is 26.2. The van der Waals surface area contributed by atoms with E-state index in [-0.39, 0.29) is 23.8 Å². The van der Waals surface area contributed by atoms with E-state index in [1.165, 1.54) is 0 Å². The fourth-order valence-electron chi connectivity index (χ4n) is 3.20. The topological polar surface area (TPSA) is 78.4 Å². The number of aliphatic hydroxyl groups is 1. The monoisotopic (exact) mass is 340 g/mol. The molecule has 0 amide bonds. The highest BCUT2D eigenvalue weighted by Gasteiger charge is 2.38. The van der Waals surface area contributed by atoms with Crippen LogP contribution in [0.25, 0.3) is 0 Å². The highest BCUT2D eigenvalue weighted by molar-refractivity contribution is 7.92. The molecule has 1 aromatic rings. The first-order valence-corrected chi connectivity index (χ1v) is 9.92. The minimum atomic E-state index is -3.24. The zero-order chi connectivity index (χ0) is 17.1. The zero-order valence-corrected chi connectivity index (χ0v) is 15.0. The first kappa shape index (κ1) is 18.2. The average molecular weight is 340 g/mol. The molecule has 1 fully saturated rings. The number of sulfonamides is 1. The number of nitrogens with one attached hydrogen (secondary N) is 2. The molecule has 2 rings (SSSR count). The van der Waals surface area contributed by atoms with Crippen LogP contribution in [0.15, 0.2) is 24.3 Å². The van der Waals surface area contributed by atoms with Crippen LogP contribution in [0, 0.1) is 5.41 Å². The molecule has 6 heteroatoms. The molecule has 0 saturated heterocycles. The van der Waals surface area contributed by atoms with Gasteiger partial charge in [-0.05, 0) is 44.4 Å². The molecule has 0 spiro atoms. The van der Waals surface area contributed by atoms with Crippen LogP contribution in [0.1, 0.15) is 51.6 Å². The smallest absolute Gasteiger partial charge is 0.232 e. The van der Waals surface area contributed by atoms with Gasteiger partial charge in [0, 0.05) is 29.8 Å². The van der Waals surface area contributed by atoms with Crippen molar-refractivity contribution in [3.05, 3.63) is 29.8 Å². The SMILES string of the molecule is CCS(=O)(=O)Nc1ccc(C(C)NC2CCCC2(C)CO)cc1. The molecule has 1 aromatic carbocycles. The molecule has 3 N–H and O–H groups in total. The van der Waals surface area contributed by atoms with Crippen molar-refractivity contribution in [1.82, 2.24) is 5.32 Å². The van der Waals surface area contributed by atoms with Crippen LogP contribution in [-0.4, -0.2) is 31.9 Å². The lowest BCUT2D eigenvalue weighted by molar-refractivity contribution is 0.114. The minimum Gasteiger partial charge on any atom is -0.396 e. The van der Waals surface area contributed by atoms with Crippen LogP contribution < -0.4 is 10.0 Å². The molecule has 130 valence electrons. The third kappa shape index (κ3) is 4.46. The Morgan fingerprint density at radius 2 is 2.00 bits per heavy atom. The maximum atomic E-state index is 11.6. The van der Waals surface area contributed by atoms with E-state index >= 15 is 0 Å². The summed E-state index contributed by atoms with van der Waals surface area (Å²) in [4.78, 5) is 0. The molecule has 0 heterocycles. The predicted molar refractivity (Wildman–Crippen MR) is 93.9 cm³/mol. The van der Waals surface area contributed by atoms with E-state index in [0.29, 0.717) is 11.7 Å². The summed E-state index contributed by atoms with van der Waals surface area (Å²) in [5.74, 6) is 0.0636. The Labute approximate surface area is 139 Å². The molecule has 1 aliphatic rings. The van der Waals surface area contributed by atoms with Crippen LogP contribution in [0.2, 0.25) is 0 Å². The Hall–Kier alpha value is -1.11. The maximum absolute atomic E-state index is 11.6. The van der Waals surface area contributed by atoms with E-state index in [0.717, 1.165) is 24.8 Å². The van der Waals surface area contributed by atoms with Crippen molar-refractivity contribution in [2.75, 3.05) is 17.1 Å². The van der Waals surface area contributed by atoms with E-state index in [4.69, 9.17) is 0 Å². The molecule has 0 bridgehead atoms. The number of aliphatic hydroxyl groups excluding tert-OH is 1. The molecule has 5 nitrogen and oxygen atoms in total. The standard InChI is InChI=1S/C17H28N2O3S/c1-4-23(21,22)19-15-9-7-14(8-10-15)13(2)18-16-6-5-11-17(16,3)12-20/h7-10,13,16,18-20H,4-6,11-12H2,1-3H3. The highest BCUT2D eigenvalue weighted by atomic mass is 32.2. The summed E-state index contributed by atoms with van der Waals surface area (Å²) in [6.45, 7) is 6.05. The molecule has 1 aliphatic carbocycles. The second kappa shape index (κ2) is 7.20. The van der Waals surface area contributed by atoms with Crippen LogP contribution in [0.5, 0.6) is 0 Å². The van der Waals surface area contributed by atoms with Crippen molar-refractivity contribution >= 4 is 15.7 Å². The van der Waals surface area contributed by atoms with E-state index in [1.54, 1.807) is 19.1 Å².